The Morgan fingerprint density at radius 1 is 1.11 bits per heavy atom. The Hall–Kier alpha value is -3.15. The summed E-state index contributed by atoms with van der Waals surface area (Å²) in [6.07, 6.45) is 2.64. The standard InChI is InChI=1S/C21H22N2O4/c1-2-18(24)13-6-3-7-14(12-13)22-20(26)21(27)23-17-10-4-9-16-15(17)8-5-11-19(16)25/h3,5-8,11-12,17,25H,2,4,9-10H2,1H3,(H,22,26)(H,23,27). The predicted octanol–water partition coefficient (Wildman–Crippen LogP) is 3.12. The smallest absolute Gasteiger partial charge is 0.313 e. The second-order valence-corrected chi connectivity index (χ2v) is 6.57. The van der Waals surface area contributed by atoms with Gasteiger partial charge in [0.25, 0.3) is 0 Å². The largest absolute Gasteiger partial charge is 0.508 e. The van der Waals surface area contributed by atoms with E-state index in [4.69, 9.17) is 0 Å². The Bertz CT molecular complexity index is 892. The summed E-state index contributed by atoms with van der Waals surface area (Å²) >= 11 is 0. The number of nitrogens with one attached hydrogen (secondary N) is 2. The quantitative estimate of drug-likeness (QED) is 0.572. The minimum atomic E-state index is -0.789. The molecule has 1 atom stereocenters. The minimum absolute atomic E-state index is 0.0332. The minimum Gasteiger partial charge on any atom is -0.508 e. The van der Waals surface area contributed by atoms with Gasteiger partial charge in [0.1, 0.15) is 5.75 Å². The van der Waals surface area contributed by atoms with Gasteiger partial charge in [0.05, 0.1) is 6.04 Å². The van der Waals surface area contributed by atoms with Crippen LogP contribution in [-0.4, -0.2) is 22.7 Å². The number of amides is 2. The molecule has 140 valence electrons. The molecule has 0 fully saturated rings. The summed E-state index contributed by atoms with van der Waals surface area (Å²) in [5.41, 5.74) is 2.56. The molecule has 0 bridgehead atoms. The third-order valence-corrected chi connectivity index (χ3v) is 4.76. The van der Waals surface area contributed by atoms with E-state index in [-0.39, 0.29) is 17.6 Å². The van der Waals surface area contributed by atoms with Gasteiger partial charge in [0, 0.05) is 17.7 Å². The van der Waals surface area contributed by atoms with E-state index in [9.17, 15) is 19.5 Å². The van der Waals surface area contributed by atoms with Crippen LogP contribution in [0.4, 0.5) is 5.69 Å². The van der Waals surface area contributed by atoms with Crippen molar-refractivity contribution in [2.45, 2.75) is 38.6 Å². The topological polar surface area (TPSA) is 95.5 Å². The molecule has 0 saturated heterocycles. The normalized spacial score (nSPS) is 15.5. The molecule has 0 aliphatic heterocycles. The van der Waals surface area contributed by atoms with Gasteiger partial charge in [-0.2, -0.15) is 0 Å². The number of carbonyl (C=O) groups excluding carboxylic acids is 3. The van der Waals surface area contributed by atoms with Crippen LogP contribution < -0.4 is 10.6 Å². The van der Waals surface area contributed by atoms with Crippen LogP contribution in [0.25, 0.3) is 0 Å². The van der Waals surface area contributed by atoms with Gasteiger partial charge < -0.3 is 15.7 Å². The Balaban J connectivity index is 1.68. The molecule has 2 aromatic carbocycles. The average Bonchev–Trinajstić information content (AvgIpc) is 2.68. The lowest BCUT2D eigenvalue weighted by molar-refractivity contribution is -0.136. The molecule has 6 nitrogen and oxygen atoms in total. The number of aromatic hydroxyl groups is 1. The first-order valence-corrected chi connectivity index (χ1v) is 9.05. The number of fused-ring (bicyclic) bond motifs is 1. The van der Waals surface area contributed by atoms with Gasteiger partial charge in [-0.25, -0.2) is 0 Å². The summed E-state index contributed by atoms with van der Waals surface area (Å²) in [5, 5.41) is 15.3. The van der Waals surface area contributed by atoms with Crippen molar-refractivity contribution in [2.75, 3.05) is 5.32 Å². The summed E-state index contributed by atoms with van der Waals surface area (Å²) < 4.78 is 0. The van der Waals surface area contributed by atoms with Gasteiger partial charge in [0.2, 0.25) is 0 Å². The van der Waals surface area contributed by atoms with Crippen molar-refractivity contribution in [2.24, 2.45) is 0 Å². The van der Waals surface area contributed by atoms with Crippen molar-refractivity contribution < 1.29 is 19.5 Å². The zero-order valence-corrected chi connectivity index (χ0v) is 15.1. The Morgan fingerprint density at radius 3 is 2.67 bits per heavy atom. The van der Waals surface area contributed by atoms with Gasteiger partial charge in [0.15, 0.2) is 5.78 Å². The maximum atomic E-state index is 12.3. The summed E-state index contributed by atoms with van der Waals surface area (Å²) in [7, 11) is 0. The van der Waals surface area contributed by atoms with Crippen LogP contribution in [-0.2, 0) is 16.0 Å². The third-order valence-electron chi connectivity index (χ3n) is 4.76. The molecule has 1 unspecified atom stereocenters. The van der Waals surface area contributed by atoms with Crippen LogP contribution in [0.3, 0.4) is 0 Å². The number of Topliss-reactive ketones (excluding diaryl/α,β-unsaturated/α-hetero) is 1. The fraction of sp³-hybridized carbons (Fsp3) is 0.286. The molecular formula is C21H22N2O4. The van der Waals surface area contributed by atoms with Crippen molar-refractivity contribution in [3.05, 3.63) is 59.2 Å². The van der Waals surface area contributed by atoms with Gasteiger partial charge in [-0.3, -0.25) is 14.4 Å². The highest BCUT2D eigenvalue weighted by Gasteiger charge is 2.26. The van der Waals surface area contributed by atoms with Crippen LogP contribution >= 0.6 is 0 Å². The monoisotopic (exact) mass is 366 g/mol. The molecule has 2 aromatic rings. The fourth-order valence-electron chi connectivity index (χ4n) is 3.37. The van der Waals surface area contributed by atoms with E-state index in [1.165, 1.54) is 0 Å². The zero-order valence-electron chi connectivity index (χ0n) is 15.1. The number of phenolic OH excluding ortho intramolecular Hbond substituents is 1. The number of benzene rings is 2. The van der Waals surface area contributed by atoms with Crippen LogP contribution in [0.15, 0.2) is 42.5 Å². The van der Waals surface area contributed by atoms with E-state index < -0.39 is 11.8 Å². The first kappa shape index (κ1) is 18.6. The molecule has 1 aliphatic rings. The van der Waals surface area contributed by atoms with Crippen molar-refractivity contribution in [1.29, 1.82) is 0 Å². The number of carbonyl (C=O) groups is 3. The van der Waals surface area contributed by atoms with E-state index >= 15 is 0 Å². The second kappa shape index (κ2) is 8.03. The molecule has 1 aliphatic carbocycles. The van der Waals surface area contributed by atoms with Gasteiger partial charge in [-0.05, 0) is 48.6 Å². The highest BCUT2D eigenvalue weighted by molar-refractivity contribution is 6.39. The van der Waals surface area contributed by atoms with Crippen molar-refractivity contribution in [3.8, 4) is 5.75 Å². The number of ketones is 1. The van der Waals surface area contributed by atoms with Crippen LogP contribution in [0.5, 0.6) is 5.75 Å². The number of hydrogen-bond acceptors (Lipinski definition) is 4. The average molecular weight is 366 g/mol. The molecular weight excluding hydrogens is 344 g/mol. The highest BCUT2D eigenvalue weighted by atomic mass is 16.3. The summed E-state index contributed by atoms with van der Waals surface area (Å²) in [6, 6.07) is 11.4. The van der Waals surface area contributed by atoms with Crippen LogP contribution in [0.2, 0.25) is 0 Å². The second-order valence-electron chi connectivity index (χ2n) is 6.57. The molecule has 2 amide bonds. The summed E-state index contributed by atoms with van der Waals surface area (Å²) in [5.74, 6) is -1.35. The van der Waals surface area contributed by atoms with Gasteiger partial charge in [-0.1, -0.05) is 31.2 Å². The number of anilines is 1. The van der Waals surface area contributed by atoms with E-state index in [2.05, 4.69) is 10.6 Å². The van der Waals surface area contributed by atoms with Crippen LogP contribution in [0, 0.1) is 0 Å². The molecule has 0 heterocycles. The highest BCUT2D eigenvalue weighted by Crippen LogP contribution is 2.34. The Morgan fingerprint density at radius 2 is 1.89 bits per heavy atom. The molecule has 0 aromatic heterocycles. The van der Waals surface area contributed by atoms with Gasteiger partial charge in [-0.15, -0.1) is 0 Å². The van der Waals surface area contributed by atoms with E-state index in [1.807, 2.05) is 6.07 Å². The lowest BCUT2D eigenvalue weighted by atomic mass is 9.87. The molecule has 6 heteroatoms. The van der Waals surface area contributed by atoms with E-state index in [0.29, 0.717) is 24.1 Å². The van der Waals surface area contributed by atoms with Gasteiger partial charge >= 0.3 is 11.8 Å². The predicted molar refractivity (Wildman–Crippen MR) is 102 cm³/mol. The molecule has 0 saturated carbocycles. The maximum Gasteiger partial charge on any atom is 0.313 e. The van der Waals surface area contributed by atoms with Crippen molar-refractivity contribution in [1.82, 2.24) is 5.32 Å². The first-order valence-electron chi connectivity index (χ1n) is 9.05. The summed E-state index contributed by atoms with van der Waals surface area (Å²) in [6.45, 7) is 1.76. The molecule has 0 radical (unpaired) electrons. The number of rotatable bonds is 4. The van der Waals surface area contributed by atoms with E-state index in [1.54, 1.807) is 43.3 Å². The van der Waals surface area contributed by atoms with Crippen molar-refractivity contribution >= 4 is 23.3 Å². The summed E-state index contributed by atoms with van der Waals surface area (Å²) in [4.78, 5) is 36.4. The lowest BCUT2D eigenvalue weighted by Crippen LogP contribution is -2.39. The lowest BCUT2D eigenvalue weighted by Gasteiger charge is -2.26. The SMILES string of the molecule is CCC(=O)c1cccc(NC(=O)C(=O)NC2CCCc3c(O)cccc32)c1. The Labute approximate surface area is 157 Å². The first-order chi connectivity index (χ1) is 13.0. The number of hydrogen-bond donors (Lipinski definition) is 3. The van der Waals surface area contributed by atoms with Crippen molar-refractivity contribution in [3.63, 3.8) is 0 Å². The maximum absolute atomic E-state index is 12.3. The van der Waals surface area contributed by atoms with Crippen LogP contribution in [0.1, 0.15) is 53.7 Å². The molecule has 27 heavy (non-hydrogen) atoms. The molecule has 3 rings (SSSR count). The Kier molecular flexibility index (Phi) is 5.54. The third kappa shape index (κ3) is 4.16. The molecule has 0 spiro atoms. The number of phenols is 1. The fourth-order valence-corrected chi connectivity index (χ4v) is 3.37. The van der Waals surface area contributed by atoms with E-state index in [0.717, 1.165) is 24.0 Å². The molecule has 3 N–H and O–H groups in total. The zero-order chi connectivity index (χ0) is 19.4.